The molecule has 1 aliphatic heterocycles. The topological polar surface area (TPSA) is 46.2 Å². The Morgan fingerprint density at radius 1 is 1.29 bits per heavy atom. The van der Waals surface area contributed by atoms with Crippen molar-refractivity contribution in [3.05, 3.63) is 35.4 Å². The molecule has 1 aliphatic rings. The van der Waals surface area contributed by atoms with Crippen LogP contribution in [0.3, 0.4) is 0 Å². The summed E-state index contributed by atoms with van der Waals surface area (Å²) in [6.07, 6.45) is 4.32. The molecule has 1 N–H and O–H groups in total. The average Bonchev–Trinajstić information content (AvgIpc) is 2.79. The summed E-state index contributed by atoms with van der Waals surface area (Å²) in [5.41, 5.74) is 2.41. The van der Waals surface area contributed by atoms with Gasteiger partial charge in [-0.05, 0) is 36.9 Å². The number of rotatable bonds is 4. The minimum atomic E-state index is -2.86. The smallest absolute Gasteiger partial charge is 0.147 e. The zero-order valence-corrected chi connectivity index (χ0v) is 11.0. The average molecular weight is 253 g/mol. The van der Waals surface area contributed by atoms with Crippen LogP contribution in [0.15, 0.2) is 24.3 Å². The van der Waals surface area contributed by atoms with Gasteiger partial charge in [-0.2, -0.15) is 0 Å². The maximum absolute atomic E-state index is 11.1. The summed E-state index contributed by atoms with van der Waals surface area (Å²) >= 11 is 0. The molecule has 1 atom stereocenters. The highest BCUT2D eigenvalue weighted by molar-refractivity contribution is 7.90. The molecule has 0 amide bonds. The molecule has 0 aliphatic carbocycles. The Hall–Kier alpha value is -0.870. The van der Waals surface area contributed by atoms with Crippen LogP contribution in [0.1, 0.15) is 30.0 Å². The van der Waals surface area contributed by atoms with Crippen molar-refractivity contribution in [1.29, 1.82) is 0 Å². The minimum absolute atomic E-state index is 0.230. The lowest BCUT2D eigenvalue weighted by molar-refractivity contribution is 0.601. The minimum Gasteiger partial charge on any atom is -0.310 e. The van der Waals surface area contributed by atoms with Gasteiger partial charge < -0.3 is 5.32 Å². The molecule has 0 aromatic heterocycles. The third-order valence-corrected chi connectivity index (χ3v) is 4.15. The second kappa shape index (κ2) is 5.19. The van der Waals surface area contributed by atoms with Gasteiger partial charge in [0.1, 0.15) is 9.84 Å². The number of aryl methyl sites for hydroxylation is 1. The van der Waals surface area contributed by atoms with Gasteiger partial charge >= 0.3 is 0 Å². The van der Waals surface area contributed by atoms with Crippen molar-refractivity contribution in [3.63, 3.8) is 0 Å². The van der Waals surface area contributed by atoms with E-state index in [0.717, 1.165) is 12.1 Å². The number of benzene rings is 1. The van der Waals surface area contributed by atoms with Crippen molar-refractivity contribution in [2.45, 2.75) is 25.3 Å². The Morgan fingerprint density at radius 2 is 2.00 bits per heavy atom. The number of nitrogens with one attached hydrogen (secondary N) is 1. The Morgan fingerprint density at radius 3 is 2.53 bits per heavy atom. The molecule has 3 nitrogen and oxygen atoms in total. The largest absolute Gasteiger partial charge is 0.310 e. The molecule has 0 bridgehead atoms. The molecular weight excluding hydrogens is 234 g/mol. The van der Waals surface area contributed by atoms with Crippen LogP contribution in [0.4, 0.5) is 0 Å². The van der Waals surface area contributed by atoms with E-state index in [0.29, 0.717) is 12.5 Å². The fourth-order valence-electron chi connectivity index (χ4n) is 2.19. The highest BCUT2D eigenvalue weighted by Gasteiger charge is 2.15. The van der Waals surface area contributed by atoms with Crippen molar-refractivity contribution in [2.75, 3.05) is 18.6 Å². The van der Waals surface area contributed by atoms with Crippen molar-refractivity contribution >= 4 is 9.84 Å². The summed E-state index contributed by atoms with van der Waals surface area (Å²) in [5, 5.41) is 3.45. The number of hydrogen-bond donors (Lipinski definition) is 1. The molecule has 0 saturated carbocycles. The maximum Gasteiger partial charge on any atom is 0.147 e. The van der Waals surface area contributed by atoms with Crippen LogP contribution in [0.25, 0.3) is 0 Å². The summed E-state index contributed by atoms with van der Waals surface area (Å²) in [5.74, 6) is 0.230. The van der Waals surface area contributed by atoms with Crippen molar-refractivity contribution < 1.29 is 8.42 Å². The highest BCUT2D eigenvalue weighted by Crippen LogP contribution is 2.23. The van der Waals surface area contributed by atoms with Crippen LogP contribution in [0.2, 0.25) is 0 Å². The lowest BCUT2D eigenvalue weighted by Gasteiger charge is -2.11. The van der Waals surface area contributed by atoms with E-state index in [2.05, 4.69) is 17.4 Å². The molecule has 2 rings (SSSR count). The lowest BCUT2D eigenvalue weighted by Crippen LogP contribution is -2.12. The number of sulfone groups is 1. The summed E-state index contributed by atoms with van der Waals surface area (Å²) in [4.78, 5) is 0. The van der Waals surface area contributed by atoms with E-state index in [1.54, 1.807) is 0 Å². The first-order chi connectivity index (χ1) is 8.04. The maximum atomic E-state index is 11.1. The Balaban J connectivity index is 1.97. The normalized spacial score (nSPS) is 20.6. The standard InChI is InChI=1S/C13H19NO2S/c1-17(15,16)10-8-11-4-6-12(7-5-11)13-3-2-9-14-13/h4-7,13-14H,2-3,8-10H2,1H3. The zero-order valence-electron chi connectivity index (χ0n) is 10.1. The van der Waals surface area contributed by atoms with Crippen LogP contribution >= 0.6 is 0 Å². The summed E-state index contributed by atoms with van der Waals surface area (Å²) < 4.78 is 22.1. The van der Waals surface area contributed by atoms with Gasteiger partial charge in [0, 0.05) is 12.3 Å². The van der Waals surface area contributed by atoms with Crippen LogP contribution in [0.5, 0.6) is 0 Å². The highest BCUT2D eigenvalue weighted by atomic mass is 32.2. The van der Waals surface area contributed by atoms with Gasteiger partial charge in [-0.15, -0.1) is 0 Å². The van der Waals surface area contributed by atoms with Gasteiger partial charge in [-0.1, -0.05) is 24.3 Å². The molecule has 1 saturated heterocycles. The lowest BCUT2D eigenvalue weighted by atomic mass is 10.0. The van der Waals surface area contributed by atoms with Gasteiger partial charge in [0.05, 0.1) is 5.75 Å². The third-order valence-electron chi connectivity index (χ3n) is 3.20. The van der Waals surface area contributed by atoms with E-state index >= 15 is 0 Å². The molecule has 94 valence electrons. The Kier molecular flexibility index (Phi) is 3.84. The van der Waals surface area contributed by atoms with Crippen LogP contribution < -0.4 is 5.32 Å². The van der Waals surface area contributed by atoms with E-state index < -0.39 is 9.84 Å². The molecule has 1 heterocycles. The summed E-state index contributed by atoms with van der Waals surface area (Å²) in [7, 11) is -2.86. The first-order valence-electron chi connectivity index (χ1n) is 6.04. The molecule has 1 aromatic rings. The van der Waals surface area contributed by atoms with Crippen molar-refractivity contribution in [2.24, 2.45) is 0 Å². The monoisotopic (exact) mass is 253 g/mol. The SMILES string of the molecule is CS(=O)(=O)CCc1ccc(C2CCCN2)cc1. The predicted octanol–water partition coefficient (Wildman–Crippen LogP) is 1.70. The Labute approximate surface area is 103 Å². The van der Waals surface area contributed by atoms with E-state index in [1.165, 1.54) is 24.7 Å². The Bertz CT molecular complexity index is 459. The molecule has 0 spiro atoms. The fourth-order valence-corrected chi connectivity index (χ4v) is 2.80. The van der Waals surface area contributed by atoms with E-state index in [-0.39, 0.29) is 5.75 Å². The zero-order chi connectivity index (χ0) is 12.3. The van der Waals surface area contributed by atoms with Crippen molar-refractivity contribution in [1.82, 2.24) is 5.32 Å². The van der Waals surface area contributed by atoms with Crippen LogP contribution in [-0.4, -0.2) is 27.0 Å². The number of hydrogen-bond acceptors (Lipinski definition) is 3. The summed E-state index contributed by atoms with van der Waals surface area (Å²) in [6, 6.07) is 8.79. The molecule has 1 fully saturated rings. The second-order valence-electron chi connectivity index (χ2n) is 4.77. The first kappa shape index (κ1) is 12.6. The van der Waals surface area contributed by atoms with Gasteiger partial charge in [0.25, 0.3) is 0 Å². The van der Waals surface area contributed by atoms with Gasteiger partial charge in [0.15, 0.2) is 0 Å². The van der Waals surface area contributed by atoms with E-state index in [1.807, 2.05) is 12.1 Å². The van der Waals surface area contributed by atoms with Crippen molar-refractivity contribution in [3.8, 4) is 0 Å². The third kappa shape index (κ3) is 3.82. The second-order valence-corrected chi connectivity index (χ2v) is 7.03. The molecular formula is C13H19NO2S. The summed E-state index contributed by atoms with van der Waals surface area (Å²) in [6.45, 7) is 1.10. The van der Waals surface area contributed by atoms with Gasteiger partial charge in [-0.3, -0.25) is 0 Å². The van der Waals surface area contributed by atoms with Gasteiger partial charge in [0.2, 0.25) is 0 Å². The molecule has 0 radical (unpaired) electrons. The van der Waals surface area contributed by atoms with Crippen LogP contribution in [-0.2, 0) is 16.3 Å². The first-order valence-corrected chi connectivity index (χ1v) is 8.10. The van der Waals surface area contributed by atoms with Crippen LogP contribution in [0, 0.1) is 0 Å². The van der Waals surface area contributed by atoms with Gasteiger partial charge in [-0.25, -0.2) is 8.42 Å². The molecule has 4 heteroatoms. The molecule has 1 aromatic carbocycles. The van der Waals surface area contributed by atoms with E-state index in [9.17, 15) is 8.42 Å². The quantitative estimate of drug-likeness (QED) is 0.888. The fraction of sp³-hybridized carbons (Fsp3) is 0.538. The predicted molar refractivity (Wildman–Crippen MR) is 69.8 cm³/mol. The molecule has 17 heavy (non-hydrogen) atoms. The van der Waals surface area contributed by atoms with E-state index in [4.69, 9.17) is 0 Å². The molecule has 1 unspecified atom stereocenters.